The van der Waals surface area contributed by atoms with E-state index in [2.05, 4.69) is 25.7 Å². The van der Waals surface area contributed by atoms with Gasteiger partial charge in [0.25, 0.3) is 0 Å². The smallest absolute Gasteiger partial charge is 0.131 e. The van der Waals surface area contributed by atoms with E-state index >= 15 is 0 Å². The molecule has 0 spiro atoms. The topological polar surface area (TPSA) is 73.7 Å². The normalized spacial score (nSPS) is 12.2. The maximum Gasteiger partial charge on any atom is 0.131 e. The molecule has 2 aromatic carbocycles. The zero-order valence-electron chi connectivity index (χ0n) is 16.1. The molecule has 0 fully saturated rings. The van der Waals surface area contributed by atoms with Crippen molar-refractivity contribution in [3.63, 3.8) is 0 Å². The van der Waals surface area contributed by atoms with Crippen LogP contribution in [0.1, 0.15) is 33.6 Å². The summed E-state index contributed by atoms with van der Waals surface area (Å²) in [7, 11) is 0. The average molecular weight is 357 g/mol. The van der Waals surface area contributed by atoms with Crippen LogP contribution in [0, 0.1) is 0 Å². The second-order valence-electron chi connectivity index (χ2n) is 6.56. The number of benzene rings is 2. The molecule has 5 heteroatoms. The maximum atomic E-state index is 6.00. The molecule has 0 aliphatic heterocycles. The van der Waals surface area contributed by atoms with Crippen molar-refractivity contribution in [1.82, 2.24) is 4.90 Å². The molecule has 0 heterocycles. The van der Waals surface area contributed by atoms with E-state index in [9.17, 15) is 0 Å². The van der Waals surface area contributed by atoms with Crippen molar-refractivity contribution in [3.05, 3.63) is 42.5 Å². The molecule has 1 atom stereocenters. The highest BCUT2D eigenvalue weighted by molar-refractivity contribution is 5.65. The second-order valence-corrected chi connectivity index (χ2v) is 6.56. The van der Waals surface area contributed by atoms with Gasteiger partial charge in [0.15, 0.2) is 0 Å². The molecular formula is C21H31N3O2. The monoisotopic (exact) mass is 357 g/mol. The first kappa shape index (κ1) is 19.9. The van der Waals surface area contributed by atoms with Gasteiger partial charge in [-0.3, -0.25) is 4.90 Å². The number of nitrogens with two attached hydrogens (primary N) is 2. The fourth-order valence-corrected chi connectivity index (χ4v) is 2.83. The molecule has 4 N–H and O–H groups in total. The molecule has 1 unspecified atom stereocenters. The molecule has 0 aliphatic rings. The molecule has 0 amide bonds. The van der Waals surface area contributed by atoms with Gasteiger partial charge in [0.05, 0.1) is 11.4 Å². The Kier molecular flexibility index (Phi) is 7.60. The Morgan fingerprint density at radius 3 is 2.19 bits per heavy atom. The van der Waals surface area contributed by atoms with Crippen LogP contribution in [0.4, 0.5) is 11.4 Å². The van der Waals surface area contributed by atoms with Crippen LogP contribution in [0.2, 0.25) is 0 Å². The largest absolute Gasteiger partial charge is 0.492 e. The summed E-state index contributed by atoms with van der Waals surface area (Å²) < 4.78 is 11.9. The van der Waals surface area contributed by atoms with Gasteiger partial charge in [-0.15, -0.1) is 0 Å². The van der Waals surface area contributed by atoms with E-state index in [-0.39, 0.29) is 0 Å². The SMILES string of the molecule is CCCN(CCC)C(C)COc1cccc(Oc2ccc(N)c(N)c2)c1. The van der Waals surface area contributed by atoms with Gasteiger partial charge in [-0.2, -0.15) is 0 Å². The molecule has 2 rings (SSSR count). The molecule has 0 saturated heterocycles. The third kappa shape index (κ3) is 5.85. The summed E-state index contributed by atoms with van der Waals surface area (Å²) in [6.07, 6.45) is 2.30. The van der Waals surface area contributed by atoms with Gasteiger partial charge in [0, 0.05) is 18.2 Å². The molecule has 2 aromatic rings. The molecule has 26 heavy (non-hydrogen) atoms. The Morgan fingerprint density at radius 2 is 1.54 bits per heavy atom. The molecule has 0 bridgehead atoms. The highest BCUT2D eigenvalue weighted by Gasteiger charge is 2.13. The van der Waals surface area contributed by atoms with Gasteiger partial charge in [0.2, 0.25) is 0 Å². The lowest BCUT2D eigenvalue weighted by atomic mass is 10.2. The van der Waals surface area contributed by atoms with E-state index in [1.807, 2.05) is 24.3 Å². The first-order chi connectivity index (χ1) is 12.5. The molecule has 142 valence electrons. The zero-order valence-corrected chi connectivity index (χ0v) is 16.1. The first-order valence-electron chi connectivity index (χ1n) is 9.33. The van der Waals surface area contributed by atoms with Gasteiger partial charge in [-0.05, 0) is 57.1 Å². The van der Waals surface area contributed by atoms with Crippen LogP contribution < -0.4 is 20.9 Å². The predicted molar refractivity (Wildman–Crippen MR) is 109 cm³/mol. The molecule has 0 aromatic heterocycles. The van der Waals surface area contributed by atoms with Crippen molar-refractivity contribution in [1.29, 1.82) is 0 Å². The highest BCUT2D eigenvalue weighted by Crippen LogP contribution is 2.28. The summed E-state index contributed by atoms with van der Waals surface area (Å²) in [6.45, 7) is 9.48. The number of nitrogens with zero attached hydrogens (tertiary/aromatic N) is 1. The average Bonchev–Trinajstić information content (AvgIpc) is 2.63. The van der Waals surface area contributed by atoms with Crippen molar-refractivity contribution in [3.8, 4) is 17.2 Å². The second kappa shape index (κ2) is 9.92. The number of nitrogen functional groups attached to an aromatic ring is 2. The lowest BCUT2D eigenvalue weighted by molar-refractivity contribution is 0.146. The van der Waals surface area contributed by atoms with Crippen LogP contribution in [-0.4, -0.2) is 30.6 Å². The Labute approximate surface area is 156 Å². The third-order valence-electron chi connectivity index (χ3n) is 4.24. The van der Waals surface area contributed by atoms with E-state index in [0.29, 0.717) is 35.5 Å². The van der Waals surface area contributed by atoms with Crippen molar-refractivity contribution in [2.45, 2.75) is 39.7 Å². The Bertz CT molecular complexity index is 685. The summed E-state index contributed by atoms with van der Waals surface area (Å²) >= 11 is 0. The lowest BCUT2D eigenvalue weighted by Crippen LogP contribution is -2.38. The summed E-state index contributed by atoms with van der Waals surface area (Å²) in [5.41, 5.74) is 12.6. The van der Waals surface area contributed by atoms with Crippen LogP contribution in [0.25, 0.3) is 0 Å². The van der Waals surface area contributed by atoms with E-state index in [4.69, 9.17) is 20.9 Å². The summed E-state index contributed by atoms with van der Waals surface area (Å²) in [4.78, 5) is 2.47. The number of ether oxygens (including phenoxy) is 2. The zero-order chi connectivity index (χ0) is 18.9. The predicted octanol–water partition coefficient (Wildman–Crippen LogP) is 4.53. The number of hydrogen-bond donors (Lipinski definition) is 2. The van der Waals surface area contributed by atoms with Crippen LogP contribution in [0.5, 0.6) is 17.2 Å². The van der Waals surface area contributed by atoms with Crippen LogP contribution in [0.3, 0.4) is 0 Å². The molecular weight excluding hydrogens is 326 g/mol. The molecule has 0 aliphatic carbocycles. The number of rotatable bonds is 10. The van der Waals surface area contributed by atoms with Gasteiger partial charge in [-0.25, -0.2) is 0 Å². The van der Waals surface area contributed by atoms with Crippen molar-refractivity contribution >= 4 is 11.4 Å². The Morgan fingerprint density at radius 1 is 0.885 bits per heavy atom. The van der Waals surface area contributed by atoms with E-state index in [1.165, 1.54) is 0 Å². The van der Waals surface area contributed by atoms with Crippen molar-refractivity contribution < 1.29 is 9.47 Å². The third-order valence-corrected chi connectivity index (χ3v) is 4.24. The Balaban J connectivity index is 1.96. The van der Waals surface area contributed by atoms with Gasteiger partial charge >= 0.3 is 0 Å². The minimum atomic E-state index is 0.372. The fraction of sp³-hybridized carbons (Fsp3) is 0.429. The summed E-state index contributed by atoms with van der Waals surface area (Å²) in [5, 5.41) is 0. The van der Waals surface area contributed by atoms with E-state index < -0.39 is 0 Å². The number of anilines is 2. The van der Waals surface area contributed by atoms with Crippen LogP contribution in [0.15, 0.2) is 42.5 Å². The van der Waals surface area contributed by atoms with Gasteiger partial charge < -0.3 is 20.9 Å². The number of hydrogen-bond acceptors (Lipinski definition) is 5. The first-order valence-corrected chi connectivity index (χ1v) is 9.33. The summed E-state index contributed by atoms with van der Waals surface area (Å²) in [5.74, 6) is 2.16. The highest BCUT2D eigenvalue weighted by atomic mass is 16.5. The maximum absolute atomic E-state index is 6.00. The lowest BCUT2D eigenvalue weighted by Gasteiger charge is -2.28. The quantitative estimate of drug-likeness (QED) is 0.611. The Hall–Kier alpha value is -2.40. The van der Waals surface area contributed by atoms with Crippen LogP contribution in [-0.2, 0) is 0 Å². The van der Waals surface area contributed by atoms with Crippen molar-refractivity contribution in [2.75, 3.05) is 31.2 Å². The summed E-state index contributed by atoms with van der Waals surface area (Å²) in [6, 6.07) is 13.3. The van der Waals surface area contributed by atoms with Gasteiger partial charge in [-0.1, -0.05) is 19.9 Å². The molecule has 0 saturated carbocycles. The minimum Gasteiger partial charge on any atom is -0.492 e. The van der Waals surface area contributed by atoms with Gasteiger partial charge in [0.1, 0.15) is 23.9 Å². The van der Waals surface area contributed by atoms with Crippen molar-refractivity contribution in [2.24, 2.45) is 0 Å². The molecule has 5 nitrogen and oxygen atoms in total. The van der Waals surface area contributed by atoms with E-state index in [0.717, 1.165) is 31.7 Å². The van der Waals surface area contributed by atoms with E-state index in [1.54, 1.807) is 18.2 Å². The molecule has 0 radical (unpaired) electrons. The fourth-order valence-electron chi connectivity index (χ4n) is 2.83. The standard InChI is InChI=1S/C21H31N3O2/c1-4-11-24(12-5-2)16(3)15-25-17-7-6-8-18(13-17)26-19-9-10-20(22)21(23)14-19/h6-10,13-14,16H,4-5,11-12,15,22-23H2,1-3H3. The van der Waals surface area contributed by atoms with Crippen LogP contribution >= 0.6 is 0 Å². The minimum absolute atomic E-state index is 0.372.